The third-order valence-electron chi connectivity index (χ3n) is 3.43. The van der Waals surface area contributed by atoms with Crippen LogP contribution in [-0.4, -0.2) is 22.1 Å². The molecular formula is C17H21NO2S. The van der Waals surface area contributed by atoms with Gasteiger partial charge in [0.1, 0.15) is 5.75 Å². The highest BCUT2D eigenvalue weighted by Crippen LogP contribution is 2.13. The number of aromatic nitrogens is 1. The molecule has 0 saturated heterocycles. The van der Waals surface area contributed by atoms with E-state index in [-0.39, 0.29) is 0 Å². The molecule has 0 bridgehead atoms. The van der Waals surface area contributed by atoms with E-state index in [0.29, 0.717) is 11.5 Å². The zero-order valence-electron chi connectivity index (χ0n) is 12.8. The van der Waals surface area contributed by atoms with Crippen molar-refractivity contribution in [3.8, 4) is 5.75 Å². The molecule has 2 aromatic rings. The Bertz CT molecular complexity index is 623. The number of hydrogen-bond acceptors (Lipinski definition) is 3. The molecule has 3 nitrogen and oxygen atoms in total. The number of benzene rings is 1. The lowest BCUT2D eigenvalue weighted by Crippen LogP contribution is -2.06. The first-order valence-corrected chi connectivity index (χ1v) is 8.48. The van der Waals surface area contributed by atoms with E-state index < -0.39 is 10.8 Å². The van der Waals surface area contributed by atoms with Crippen LogP contribution in [-0.2, 0) is 23.0 Å². The molecule has 1 heterocycles. The van der Waals surface area contributed by atoms with Gasteiger partial charge in [0.25, 0.3) is 0 Å². The Labute approximate surface area is 128 Å². The van der Waals surface area contributed by atoms with Gasteiger partial charge in [0.15, 0.2) is 0 Å². The van der Waals surface area contributed by atoms with E-state index in [1.165, 1.54) is 5.56 Å². The van der Waals surface area contributed by atoms with Crippen LogP contribution in [0.25, 0.3) is 0 Å². The summed E-state index contributed by atoms with van der Waals surface area (Å²) < 4.78 is 17.3. The van der Waals surface area contributed by atoms with Gasteiger partial charge in [-0.05, 0) is 49.6 Å². The lowest BCUT2D eigenvalue weighted by molar-refractivity contribution is 0.414. The number of hydrogen-bond donors (Lipinski definition) is 0. The summed E-state index contributed by atoms with van der Waals surface area (Å²) in [4.78, 5) is 4.42. The van der Waals surface area contributed by atoms with Crippen molar-refractivity contribution >= 4 is 10.8 Å². The van der Waals surface area contributed by atoms with Gasteiger partial charge >= 0.3 is 0 Å². The second kappa shape index (κ2) is 7.36. The Hall–Kier alpha value is -1.68. The zero-order valence-corrected chi connectivity index (χ0v) is 13.6. The minimum absolute atomic E-state index is 0.579. The molecule has 1 aromatic carbocycles. The summed E-state index contributed by atoms with van der Waals surface area (Å²) in [7, 11) is 0.788. The van der Waals surface area contributed by atoms with Gasteiger partial charge in [-0.1, -0.05) is 18.2 Å². The zero-order chi connectivity index (χ0) is 15.2. The molecule has 0 aliphatic rings. The summed E-state index contributed by atoms with van der Waals surface area (Å²) in [6.45, 7) is 3.94. The van der Waals surface area contributed by atoms with E-state index >= 15 is 0 Å². The number of rotatable bonds is 6. The average molecular weight is 303 g/mol. The molecular weight excluding hydrogens is 282 g/mol. The summed E-state index contributed by atoms with van der Waals surface area (Å²) >= 11 is 0. The first-order chi connectivity index (χ1) is 10.1. The molecule has 0 N–H and O–H groups in total. The maximum absolute atomic E-state index is 12.2. The van der Waals surface area contributed by atoms with Crippen LogP contribution in [0.1, 0.15) is 22.5 Å². The van der Waals surface area contributed by atoms with Crippen molar-refractivity contribution in [1.29, 1.82) is 0 Å². The van der Waals surface area contributed by atoms with Crippen LogP contribution in [0.2, 0.25) is 0 Å². The average Bonchev–Trinajstić information content (AvgIpc) is 2.48. The van der Waals surface area contributed by atoms with Crippen LogP contribution in [0, 0.1) is 13.8 Å². The number of nitrogens with zero attached hydrogens (tertiary/aromatic N) is 1. The molecule has 112 valence electrons. The molecule has 0 aliphatic carbocycles. The van der Waals surface area contributed by atoms with Crippen molar-refractivity contribution in [1.82, 2.24) is 4.98 Å². The van der Waals surface area contributed by atoms with Gasteiger partial charge in [-0.3, -0.25) is 9.19 Å². The van der Waals surface area contributed by atoms with Crippen LogP contribution in [0.5, 0.6) is 5.75 Å². The number of pyridine rings is 1. The van der Waals surface area contributed by atoms with Gasteiger partial charge in [-0.15, -0.1) is 0 Å². The van der Waals surface area contributed by atoms with Crippen molar-refractivity contribution in [3.63, 3.8) is 0 Å². The van der Waals surface area contributed by atoms with Crippen molar-refractivity contribution in [2.45, 2.75) is 26.0 Å². The molecule has 0 saturated carbocycles. The van der Waals surface area contributed by atoms with E-state index in [9.17, 15) is 4.21 Å². The Morgan fingerprint density at radius 3 is 2.43 bits per heavy atom. The maximum Gasteiger partial charge on any atom is 0.118 e. The fraction of sp³-hybridized carbons (Fsp3) is 0.353. The van der Waals surface area contributed by atoms with E-state index in [2.05, 4.69) is 4.98 Å². The van der Waals surface area contributed by atoms with Gasteiger partial charge in [-0.25, -0.2) is 0 Å². The van der Waals surface area contributed by atoms with Crippen LogP contribution in [0.15, 0.2) is 36.4 Å². The summed E-state index contributed by atoms with van der Waals surface area (Å²) in [5.74, 6) is 2.09. The number of aryl methyl sites for hydroxylation is 3. The molecule has 0 fully saturated rings. The van der Waals surface area contributed by atoms with Crippen molar-refractivity contribution in [2.24, 2.45) is 0 Å². The molecule has 0 spiro atoms. The Morgan fingerprint density at radius 2 is 1.81 bits per heavy atom. The minimum Gasteiger partial charge on any atom is -0.497 e. The molecule has 0 aliphatic heterocycles. The van der Waals surface area contributed by atoms with Crippen LogP contribution >= 0.6 is 0 Å². The standard InChI is InChI=1S/C17H21NO2S/c1-13-4-7-16(14(2)18-13)12-21(19)11-10-15-5-8-17(20-3)9-6-15/h4-9H,10-12H2,1-3H3. The van der Waals surface area contributed by atoms with E-state index in [1.54, 1.807) is 7.11 Å². The van der Waals surface area contributed by atoms with Gasteiger partial charge in [0.05, 0.1) is 12.9 Å². The van der Waals surface area contributed by atoms with E-state index in [1.807, 2.05) is 50.2 Å². The predicted molar refractivity (Wildman–Crippen MR) is 87.1 cm³/mol. The first kappa shape index (κ1) is 15.7. The van der Waals surface area contributed by atoms with Gasteiger partial charge < -0.3 is 4.74 Å². The highest BCUT2D eigenvalue weighted by atomic mass is 32.2. The fourth-order valence-electron chi connectivity index (χ4n) is 2.14. The van der Waals surface area contributed by atoms with Crippen LogP contribution < -0.4 is 4.74 Å². The molecule has 0 amide bonds. The molecule has 4 heteroatoms. The van der Waals surface area contributed by atoms with Gasteiger partial charge in [0, 0.05) is 27.9 Å². The first-order valence-electron chi connectivity index (χ1n) is 6.99. The SMILES string of the molecule is COc1ccc(CCS(=O)Cc2ccc(C)nc2C)cc1. The second-order valence-corrected chi connectivity index (χ2v) is 6.66. The highest BCUT2D eigenvalue weighted by molar-refractivity contribution is 7.84. The van der Waals surface area contributed by atoms with E-state index in [4.69, 9.17) is 4.74 Å². The second-order valence-electron chi connectivity index (χ2n) is 5.08. The lowest BCUT2D eigenvalue weighted by Gasteiger charge is -2.07. The number of ether oxygens (including phenoxy) is 1. The Morgan fingerprint density at radius 1 is 1.10 bits per heavy atom. The monoisotopic (exact) mass is 303 g/mol. The molecule has 2 rings (SSSR count). The summed E-state index contributed by atoms with van der Waals surface area (Å²) in [6, 6.07) is 11.9. The molecule has 21 heavy (non-hydrogen) atoms. The maximum atomic E-state index is 12.2. The molecule has 1 aromatic heterocycles. The minimum atomic E-state index is -0.867. The van der Waals surface area contributed by atoms with Gasteiger partial charge in [-0.2, -0.15) is 0 Å². The summed E-state index contributed by atoms with van der Waals surface area (Å²) in [6.07, 6.45) is 0.814. The molecule has 1 unspecified atom stereocenters. The smallest absolute Gasteiger partial charge is 0.118 e. The Kier molecular flexibility index (Phi) is 5.51. The fourth-order valence-corrected chi connectivity index (χ4v) is 3.40. The predicted octanol–water partition coefficient (Wildman–Crippen LogP) is 3.20. The summed E-state index contributed by atoms with van der Waals surface area (Å²) in [5, 5.41) is 0. The van der Waals surface area contributed by atoms with Crippen LogP contribution in [0.3, 0.4) is 0 Å². The van der Waals surface area contributed by atoms with Crippen molar-refractivity contribution < 1.29 is 8.95 Å². The van der Waals surface area contributed by atoms with Gasteiger partial charge in [0.2, 0.25) is 0 Å². The Balaban J connectivity index is 1.89. The largest absolute Gasteiger partial charge is 0.497 e. The molecule has 1 atom stereocenters. The van der Waals surface area contributed by atoms with Crippen molar-refractivity contribution in [3.05, 3.63) is 58.9 Å². The summed E-state index contributed by atoms with van der Waals surface area (Å²) in [5.41, 5.74) is 4.24. The quantitative estimate of drug-likeness (QED) is 0.822. The highest BCUT2D eigenvalue weighted by Gasteiger charge is 2.06. The third kappa shape index (κ3) is 4.67. The van der Waals surface area contributed by atoms with Crippen molar-refractivity contribution in [2.75, 3.05) is 12.9 Å². The number of methoxy groups -OCH3 is 1. The van der Waals surface area contributed by atoms with E-state index in [0.717, 1.165) is 29.1 Å². The van der Waals surface area contributed by atoms with Crippen LogP contribution in [0.4, 0.5) is 0 Å². The lowest BCUT2D eigenvalue weighted by atomic mass is 10.2. The topological polar surface area (TPSA) is 39.2 Å². The third-order valence-corrected chi connectivity index (χ3v) is 4.72. The normalized spacial score (nSPS) is 12.1. The molecule has 0 radical (unpaired) electrons.